The molecule has 1 amide bonds. The van der Waals surface area contributed by atoms with Gasteiger partial charge >= 0.3 is 0 Å². The number of halogens is 1. The standard InChI is InChI=1S/C15H22ClNO/c1-4-13(12-8-6-5-7-9-12)15(18)17-14(10-16)11(2)3/h5-9,11,13-14H,4,10H2,1-3H3,(H,17,18). The highest BCUT2D eigenvalue weighted by atomic mass is 35.5. The maximum absolute atomic E-state index is 12.3. The average molecular weight is 268 g/mol. The Morgan fingerprint density at radius 3 is 2.33 bits per heavy atom. The molecule has 0 aliphatic carbocycles. The second-order valence-corrected chi connectivity index (χ2v) is 5.19. The number of rotatable bonds is 6. The first kappa shape index (κ1) is 15.0. The van der Waals surface area contributed by atoms with Crippen molar-refractivity contribution >= 4 is 17.5 Å². The maximum Gasteiger partial charge on any atom is 0.227 e. The molecular weight excluding hydrogens is 246 g/mol. The zero-order valence-corrected chi connectivity index (χ0v) is 12.1. The van der Waals surface area contributed by atoms with E-state index in [1.54, 1.807) is 0 Å². The molecule has 0 spiro atoms. The second-order valence-electron chi connectivity index (χ2n) is 4.88. The smallest absolute Gasteiger partial charge is 0.227 e. The molecule has 18 heavy (non-hydrogen) atoms. The molecule has 1 rings (SSSR count). The van der Waals surface area contributed by atoms with E-state index in [0.717, 1.165) is 12.0 Å². The van der Waals surface area contributed by atoms with Gasteiger partial charge in [0.25, 0.3) is 0 Å². The molecule has 100 valence electrons. The fourth-order valence-corrected chi connectivity index (χ4v) is 2.36. The van der Waals surface area contributed by atoms with Crippen LogP contribution in [0.4, 0.5) is 0 Å². The summed E-state index contributed by atoms with van der Waals surface area (Å²) in [6.07, 6.45) is 0.795. The third-order valence-electron chi connectivity index (χ3n) is 3.23. The Bertz CT molecular complexity index is 364. The van der Waals surface area contributed by atoms with Gasteiger partial charge in [-0.15, -0.1) is 11.6 Å². The molecule has 0 bridgehead atoms. The summed E-state index contributed by atoms with van der Waals surface area (Å²) >= 11 is 5.89. The van der Waals surface area contributed by atoms with Crippen molar-refractivity contribution in [1.29, 1.82) is 0 Å². The van der Waals surface area contributed by atoms with Crippen molar-refractivity contribution < 1.29 is 4.79 Å². The van der Waals surface area contributed by atoms with E-state index < -0.39 is 0 Å². The minimum atomic E-state index is -0.0873. The summed E-state index contributed by atoms with van der Waals surface area (Å²) in [6, 6.07) is 9.93. The van der Waals surface area contributed by atoms with Crippen LogP contribution in [-0.4, -0.2) is 17.8 Å². The van der Waals surface area contributed by atoms with Crippen LogP contribution in [0.2, 0.25) is 0 Å². The lowest BCUT2D eigenvalue weighted by Crippen LogP contribution is -2.42. The van der Waals surface area contributed by atoms with Crippen LogP contribution in [0.3, 0.4) is 0 Å². The lowest BCUT2D eigenvalue weighted by molar-refractivity contribution is -0.123. The summed E-state index contributed by atoms with van der Waals surface area (Å²) in [4.78, 5) is 12.3. The molecule has 2 atom stereocenters. The van der Waals surface area contributed by atoms with Crippen LogP contribution < -0.4 is 5.32 Å². The summed E-state index contributed by atoms with van der Waals surface area (Å²) in [5.74, 6) is 0.785. The first-order valence-corrected chi connectivity index (χ1v) is 7.04. The van der Waals surface area contributed by atoms with Crippen LogP contribution in [0.5, 0.6) is 0 Å². The topological polar surface area (TPSA) is 29.1 Å². The summed E-state index contributed by atoms with van der Waals surface area (Å²) in [6.45, 7) is 6.16. The second kappa shape index (κ2) is 7.42. The molecule has 2 nitrogen and oxygen atoms in total. The van der Waals surface area contributed by atoms with E-state index in [1.807, 2.05) is 37.3 Å². The quantitative estimate of drug-likeness (QED) is 0.785. The Kier molecular flexibility index (Phi) is 6.20. The number of benzene rings is 1. The number of alkyl halides is 1. The number of carbonyl (C=O) groups is 1. The third kappa shape index (κ3) is 4.02. The average Bonchev–Trinajstić information content (AvgIpc) is 2.37. The van der Waals surface area contributed by atoms with E-state index in [9.17, 15) is 4.79 Å². The molecule has 0 aliphatic rings. The predicted octanol–water partition coefficient (Wildman–Crippen LogP) is 3.56. The van der Waals surface area contributed by atoms with Gasteiger partial charge < -0.3 is 5.32 Å². The lowest BCUT2D eigenvalue weighted by atomic mass is 9.94. The van der Waals surface area contributed by atoms with Gasteiger partial charge in [-0.3, -0.25) is 4.79 Å². The zero-order valence-electron chi connectivity index (χ0n) is 11.3. The van der Waals surface area contributed by atoms with Crippen molar-refractivity contribution in [3.63, 3.8) is 0 Å². The molecule has 0 radical (unpaired) electrons. The van der Waals surface area contributed by atoms with Crippen LogP contribution in [0, 0.1) is 5.92 Å². The third-order valence-corrected chi connectivity index (χ3v) is 3.56. The van der Waals surface area contributed by atoms with Gasteiger partial charge in [0, 0.05) is 11.9 Å². The van der Waals surface area contributed by atoms with Crippen LogP contribution in [0.15, 0.2) is 30.3 Å². The van der Waals surface area contributed by atoms with E-state index in [0.29, 0.717) is 11.8 Å². The Morgan fingerprint density at radius 1 is 1.28 bits per heavy atom. The van der Waals surface area contributed by atoms with Crippen molar-refractivity contribution in [3.05, 3.63) is 35.9 Å². The molecule has 1 N–H and O–H groups in total. The van der Waals surface area contributed by atoms with Crippen molar-refractivity contribution in [3.8, 4) is 0 Å². The summed E-state index contributed by atoms with van der Waals surface area (Å²) in [7, 11) is 0. The highest BCUT2D eigenvalue weighted by molar-refractivity contribution is 6.18. The molecule has 2 unspecified atom stereocenters. The number of carbonyl (C=O) groups excluding carboxylic acids is 1. The summed E-state index contributed by atoms with van der Waals surface area (Å²) < 4.78 is 0. The van der Waals surface area contributed by atoms with Gasteiger partial charge in [0.15, 0.2) is 0 Å². The highest BCUT2D eigenvalue weighted by Gasteiger charge is 2.22. The number of nitrogens with one attached hydrogen (secondary N) is 1. The normalized spacial score (nSPS) is 14.3. The predicted molar refractivity (Wildman–Crippen MR) is 77.0 cm³/mol. The van der Waals surface area contributed by atoms with Gasteiger partial charge in [-0.05, 0) is 17.9 Å². The van der Waals surface area contributed by atoms with Crippen molar-refractivity contribution in [2.75, 3.05) is 5.88 Å². The molecule has 1 aromatic rings. The van der Waals surface area contributed by atoms with Crippen LogP contribution in [0.25, 0.3) is 0 Å². The van der Waals surface area contributed by atoms with E-state index in [4.69, 9.17) is 11.6 Å². The van der Waals surface area contributed by atoms with Gasteiger partial charge in [0.2, 0.25) is 5.91 Å². The number of hydrogen-bond donors (Lipinski definition) is 1. The van der Waals surface area contributed by atoms with Crippen molar-refractivity contribution in [2.45, 2.75) is 39.2 Å². The summed E-state index contributed by atoms with van der Waals surface area (Å²) in [5.41, 5.74) is 1.06. The Morgan fingerprint density at radius 2 is 1.89 bits per heavy atom. The maximum atomic E-state index is 12.3. The summed E-state index contributed by atoms with van der Waals surface area (Å²) in [5, 5.41) is 3.04. The SMILES string of the molecule is CCC(C(=O)NC(CCl)C(C)C)c1ccccc1. The largest absolute Gasteiger partial charge is 0.351 e. The first-order chi connectivity index (χ1) is 8.60. The molecule has 0 saturated heterocycles. The van der Waals surface area contributed by atoms with Crippen LogP contribution in [-0.2, 0) is 4.79 Å². The molecule has 3 heteroatoms. The van der Waals surface area contributed by atoms with E-state index in [-0.39, 0.29) is 17.9 Å². The Hall–Kier alpha value is -1.02. The first-order valence-electron chi connectivity index (χ1n) is 6.51. The number of hydrogen-bond acceptors (Lipinski definition) is 1. The Balaban J connectivity index is 2.74. The monoisotopic (exact) mass is 267 g/mol. The van der Waals surface area contributed by atoms with Gasteiger partial charge in [0.05, 0.1) is 5.92 Å². The van der Waals surface area contributed by atoms with Gasteiger partial charge in [-0.1, -0.05) is 51.1 Å². The molecule has 0 saturated carbocycles. The molecule has 0 fully saturated rings. The fraction of sp³-hybridized carbons (Fsp3) is 0.533. The minimum absolute atomic E-state index is 0.0388. The fourth-order valence-electron chi connectivity index (χ4n) is 1.92. The Labute approximate surface area is 115 Å². The van der Waals surface area contributed by atoms with Crippen molar-refractivity contribution in [1.82, 2.24) is 5.32 Å². The van der Waals surface area contributed by atoms with E-state index in [1.165, 1.54) is 0 Å². The van der Waals surface area contributed by atoms with Crippen LogP contribution >= 0.6 is 11.6 Å². The van der Waals surface area contributed by atoms with Crippen LogP contribution in [0.1, 0.15) is 38.7 Å². The highest BCUT2D eigenvalue weighted by Crippen LogP contribution is 2.20. The van der Waals surface area contributed by atoms with Crippen molar-refractivity contribution in [2.24, 2.45) is 5.92 Å². The van der Waals surface area contributed by atoms with E-state index >= 15 is 0 Å². The molecule has 1 aromatic carbocycles. The zero-order chi connectivity index (χ0) is 13.5. The molecule has 0 aromatic heterocycles. The minimum Gasteiger partial charge on any atom is -0.351 e. The van der Waals surface area contributed by atoms with Gasteiger partial charge in [-0.25, -0.2) is 0 Å². The van der Waals surface area contributed by atoms with Gasteiger partial charge in [-0.2, -0.15) is 0 Å². The number of amides is 1. The molecule has 0 aliphatic heterocycles. The van der Waals surface area contributed by atoms with E-state index in [2.05, 4.69) is 19.2 Å². The lowest BCUT2D eigenvalue weighted by Gasteiger charge is -2.23. The molecule has 0 heterocycles. The van der Waals surface area contributed by atoms with Gasteiger partial charge in [0.1, 0.15) is 0 Å². The molecular formula is C15H22ClNO.